The van der Waals surface area contributed by atoms with Gasteiger partial charge >= 0.3 is 0 Å². The molecular formula is C17H13F2N3O2. The summed E-state index contributed by atoms with van der Waals surface area (Å²) in [7, 11) is 0. The normalized spacial score (nSPS) is 10.8. The Morgan fingerprint density at radius 1 is 1.17 bits per heavy atom. The third-order valence-corrected chi connectivity index (χ3v) is 3.52. The number of rotatable bonds is 4. The summed E-state index contributed by atoms with van der Waals surface area (Å²) >= 11 is 0. The zero-order valence-electron chi connectivity index (χ0n) is 12.5. The lowest BCUT2D eigenvalue weighted by Crippen LogP contribution is -2.18. The first-order valence-corrected chi connectivity index (χ1v) is 7.24. The van der Waals surface area contributed by atoms with Crippen molar-refractivity contribution in [3.8, 4) is 0 Å². The highest BCUT2D eigenvalue weighted by Gasteiger charge is 2.09. The van der Waals surface area contributed by atoms with Crippen molar-refractivity contribution in [3.05, 3.63) is 70.5 Å². The van der Waals surface area contributed by atoms with Gasteiger partial charge in [0, 0.05) is 17.9 Å². The van der Waals surface area contributed by atoms with Crippen LogP contribution in [0.2, 0.25) is 0 Å². The first-order valence-electron chi connectivity index (χ1n) is 7.24. The number of halogens is 2. The predicted octanol–water partition coefficient (Wildman–Crippen LogP) is 2.70. The van der Waals surface area contributed by atoms with E-state index in [0.717, 1.165) is 12.1 Å². The van der Waals surface area contributed by atoms with E-state index in [4.69, 9.17) is 0 Å². The highest BCUT2D eigenvalue weighted by molar-refractivity contribution is 5.90. The standard InChI is InChI=1S/C17H13F2N3O2/c18-11-5-6-14(13(19)9-11)21-17(24)7-8-22-15-4-2-1-3-12(15)16(23)10-20-22/h1-6,9-10H,7-8H2,(H,21,24). The molecular weight excluding hydrogens is 316 g/mol. The zero-order chi connectivity index (χ0) is 17.1. The van der Waals surface area contributed by atoms with Crippen LogP contribution in [-0.4, -0.2) is 15.7 Å². The summed E-state index contributed by atoms with van der Waals surface area (Å²) in [5.41, 5.74) is 0.338. The maximum absolute atomic E-state index is 13.5. The second-order valence-electron chi connectivity index (χ2n) is 5.17. The van der Waals surface area contributed by atoms with E-state index in [9.17, 15) is 18.4 Å². The summed E-state index contributed by atoms with van der Waals surface area (Å²) in [6, 6.07) is 9.87. The molecule has 0 atom stereocenters. The smallest absolute Gasteiger partial charge is 0.226 e. The molecule has 0 aliphatic heterocycles. The molecule has 1 aromatic heterocycles. The topological polar surface area (TPSA) is 64.0 Å². The van der Waals surface area contributed by atoms with Crippen LogP contribution in [0.15, 0.2) is 53.5 Å². The molecule has 0 saturated carbocycles. The molecule has 0 spiro atoms. The van der Waals surface area contributed by atoms with Crippen LogP contribution in [0.5, 0.6) is 0 Å². The molecule has 0 unspecified atom stereocenters. The van der Waals surface area contributed by atoms with Crippen LogP contribution in [0.1, 0.15) is 6.42 Å². The van der Waals surface area contributed by atoms with E-state index in [1.807, 2.05) is 0 Å². The van der Waals surface area contributed by atoms with E-state index in [2.05, 4.69) is 10.4 Å². The van der Waals surface area contributed by atoms with Gasteiger partial charge in [0.05, 0.1) is 23.9 Å². The van der Waals surface area contributed by atoms with Crippen molar-refractivity contribution >= 4 is 22.5 Å². The number of benzene rings is 2. The van der Waals surface area contributed by atoms with Gasteiger partial charge < -0.3 is 5.32 Å². The number of nitrogens with zero attached hydrogens (tertiary/aromatic N) is 2. The average molecular weight is 329 g/mol. The van der Waals surface area contributed by atoms with Gasteiger partial charge in [0.25, 0.3) is 0 Å². The minimum Gasteiger partial charge on any atom is -0.324 e. The van der Waals surface area contributed by atoms with E-state index in [1.54, 1.807) is 24.3 Å². The van der Waals surface area contributed by atoms with E-state index in [1.165, 1.54) is 10.9 Å². The molecule has 0 saturated heterocycles. The van der Waals surface area contributed by atoms with Gasteiger partial charge in [-0.1, -0.05) is 12.1 Å². The van der Waals surface area contributed by atoms with Crippen molar-refractivity contribution in [3.63, 3.8) is 0 Å². The molecule has 7 heteroatoms. The van der Waals surface area contributed by atoms with E-state index < -0.39 is 17.5 Å². The summed E-state index contributed by atoms with van der Waals surface area (Å²) in [5.74, 6) is -1.99. The number of hydrogen-bond donors (Lipinski definition) is 1. The van der Waals surface area contributed by atoms with Crippen molar-refractivity contribution < 1.29 is 13.6 Å². The van der Waals surface area contributed by atoms with E-state index >= 15 is 0 Å². The van der Waals surface area contributed by atoms with Gasteiger partial charge in [-0.05, 0) is 24.3 Å². The molecule has 1 heterocycles. The Bertz CT molecular complexity index is 969. The van der Waals surface area contributed by atoms with E-state index in [0.29, 0.717) is 17.0 Å². The van der Waals surface area contributed by atoms with Crippen molar-refractivity contribution in [2.24, 2.45) is 0 Å². The number of nitrogens with one attached hydrogen (secondary N) is 1. The first kappa shape index (κ1) is 15.8. The van der Waals surface area contributed by atoms with Crippen LogP contribution in [0.25, 0.3) is 10.9 Å². The maximum atomic E-state index is 13.5. The van der Waals surface area contributed by atoms with Crippen molar-refractivity contribution in [1.82, 2.24) is 9.78 Å². The van der Waals surface area contributed by atoms with Gasteiger partial charge in [-0.25, -0.2) is 8.78 Å². The van der Waals surface area contributed by atoms with Crippen LogP contribution < -0.4 is 10.7 Å². The van der Waals surface area contributed by atoms with Crippen molar-refractivity contribution in [1.29, 1.82) is 0 Å². The Morgan fingerprint density at radius 3 is 2.75 bits per heavy atom. The first-order chi connectivity index (χ1) is 11.5. The minimum absolute atomic E-state index is 0.0245. The molecule has 0 fully saturated rings. The maximum Gasteiger partial charge on any atom is 0.226 e. The lowest BCUT2D eigenvalue weighted by atomic mass is 10.2. The number of aryl methyl sites for hydroxylation is 1. The molecule has 1 amide bonds. The van der Waals surface area contributed by atoms with Gasteiger partial charge in [-0.2, -0.15) is 5.10 Å². The summed E-state index contributed by atoms with van der Waals surface area (Å²) < 4.78 is 27.9. The molecule has 0 aliphatic carbocycles. The lowest BCUT2D eigenvalue weighted by molar-refractivity contribution is -0.116. The number of carbonyl (C=O) groups excluding carboxylic acids is 1. The number of hydrogen-bond acceptors (Lipinski definition) is 3. The number of fused-ring (bicyclic) bond motifs is 1. The van der Waals surface area contributed by atoms with Crippen LogP contribution in [-0.2, 0) is 11.3 Å². The van der Waals surface area contributed by atoms with Crippen LogP contribution in [0, 0.1) is 11.6 Å². The Morgan fingerprint density at radius 2 is 1.96 bits per heavy atom. The highest BCUT2D eigenvalue weighted by Crippen LogP contribution is 2.15. The molecule has 2 aromatic carbocycles. The van der Waals surface area contributed by atoms with Crippen molar-refractivity contribution in [2.75, 3.05) is 5.32 Å². The summed E-state index contributed by atoms with van der Waals surface area (Å²) in [6.07, 6.45) is 1.22. The Kier molecular flexibility index (Phi) is 4.33. The molecule has 1 N–H and O–H groups in total. The molecule has 24 heavy (non-hydrogen) atoms. The zero-order valence-corrected chi connectivity index (χ0v) is 12.5. The van der Waals surface area contributed by atoms with Gasteiger partial charge in [0.15, 0.2) is 0 Å². The van der Waals surface area contributed by atoms with Crippen LogP contribution in [0.4, 0.5) is 14.5 Å². The molecule has 3 aromatic rings. The second-order valence-corrected chi connectivity index (χ2v) is 5.17. The monoisotopic (exact) mass is 329 g/mol. The largest absolute Gasteiger partial charge is 0.324 e. The number of anilines is 1. The fourth-order valence-electron chi connectivity index (χ4n) is 2.35. The molecule has 0 radical (unpaired) electrons. The summed E-state index contributed by atoms with van der Waals surface area (Å²) in [6.45, 7) is 0.218. The second kappa shape index (κ2) is 6.57. The minimum atomic E-state index is -0.838. The van der Waals surface area contributed by atoms with Gasteiger partial charge in [0.2, 0.25) is 11.3 Å². The Hall–Kier alpha value is -3.09. The molecule has 0 bridgehead atoms. The highest BCUT2D eigenvalue weighted by atomic mass is 19.1. The third kappa shape index (κ3) is 3.29. The van der Waals surface area contributed by atoms with Gasteiger partial charge in [-0.15, -0.1) is 0 Å². The number of aromatic nitrogens is 2. The van der Waals surface area contributed by atoms with Crippen LogP contribution in [0.3, 0.4) is 0 Å². The number of carbonyl (C=O) groups is 1. The molecule has 0 aliphatic rings. The molecule has 5 nitrogen and oxygen atoms in total. The van der Waals surface area contributed by atoms with Gasteiger partial charge in [0.1, 0.15) is 11.6 Å². The van der Waals surface area contributed by atoms with Gasteiger partial charge in [-0.3, -0.25) is 14.3 Å². The number of para-hydroxylation sites is 1. The fourth-order valence-corrected chi connectivity index (χ4v) is 2.35. The van der Waals surface area contributed by atoms with E-state index in [-0.39, 0.29) is 24.1 Å². The third-order valence-electron chi connectivity index (χ3n) is 3.52. The Labute approximate surface area is 135 Å². The summed E-state index contributed by atoms with van der Waals surface area (Å²) in [4.78, 5) is 23.7. The van der Waals surface area contributed by atoms with Crippen molar-refractivity contribution in [2.45, 2.75) is 13.0 Å². The Balaban J connectivity index is 1.73. The fraction of sp³-hybridized carbons (Fsp3) is 0.118. The average Bonchev–Trinajstić information content (AvgIpc) is 2.57. The summed E-state index contributed by atoms with van der Waals surface area (Å²) in [5, 5.41) is 6.91. The molecule has 122 valence electrons. The lowest BCUT2D eigenvalue weighted by Gasteiger charge is -2.10. The SMILES string of the molecule is O=C(CCn1ncc(=O)c2ccccc21)Nc1ccc(F)cc1F. The quantitative estimate of drug-likeness (QED) is 0.800. The number of amides is 1. The molecule has 3 rings (SSSR count). The predicted molar refractivity (Wildman–Crippen MR) is 85.6 cm³/mol. The van der Waals surface area contributed by atoms with Crippen LogP contribution >= 0.6 is 0 Å².